The van der Waals surface area contributed by atoms with Gasteiger partial charge in [-0.05, 0) is 12.8 Å². The molecule has 2 aliphatic heterocycles. The van der Waals surface area contributed by atoms with Gasteiger partial charge in [-0.2, -0.15) is 0 Å². The second kappa shape index (κ2) is 35.0. The van der Waals surface area contributed by atoms with Gasteiger partial charge in [-0.25, -0.2) is 0 Å². The summed E-state index contributed by atoms with van der Waals surface area (Å²) >= 11 is 0. The van der Waals surface area contributed by atoms with Gasteiger partial charge in [-0.15, -0.1) is 0 Å². The number of carbonyl (C=O) groups is 1. The van der Waals surface area contributed by atoms with Gasteiger partial charge in [0.25, 0.3) is 0 Å². The zero-order valence-electron chi connectivity index (χ0n) is 37.9. The van der Waals surface area contributed by atoms with Gasteiger partial charge in [0, 0.05) is 6.42 Å². The lowest BCUT2D eigenvalue weighted by molar-refractivity contribution is -0.359. The van der Waals surface area contributed by atoms with Gasteiger partial charge in [0.15, 0.2) is 12.6 Å². The summed E-state index contributed by atoms with van der Waals surface area (Å²) in [5.74, 6) is -0.248. The minimum Gasteiger partial charge on any atom is -0.394 e. The number of ether oxygens (including phenoxy) is 4. The molecule has 0 radical (unpaired) electrons. The minimum absolute atomic E-state index is 0.248. The molecule has 0 saturated carbocycles. The highest BCUT2D eigenvalue weighted by Gasteiger charge is 2.51. The number of hydrogen-bond donors (Lipinski definition) is 9. The molecular weight excluding hydrogens is 787 g/mol. The maximum atomic E-state index is 13.0. The molecule has 0 aliphatic carbocycles. The first kappa shape index (κ1) is 55.9. The van der Waals surface area contributed by atoms with E-state index < -0.39 is 86.8 Å². The quantitative estimate of drug-likeness (QED) is 0.0274. The Morgan fingerprint density at radius 1 is 0.574 bits per heavy atom. The van der Waals surface area contributed by atoms with Crippen LogP contribution in [0.1, 0.15) is 187 Å². The highest BCUT2D eigenvalue weighted by Crippen LogP contribution is 2.30. The first-order valence-corrected chi connectivity index (χ1v) is 24.4. The standard InChI is InChI=1S/C47H89NO13/c1-3-5-7-8-9-10-11-12-13-14-15-16-17-18-19-20-21-22-23-24-25-26-27-29-31-39(52)48-35(36(51)30-28-6-4-2)34-58-46-44(57)42(55)45(38(33-50)60-46)61-47-43(56)41(54)40(53)37(32-49)59-47/h28,30,35-38,40-47,49-51,53-57H,3-27,29,31-34H2,1-2H3,(H,48,52)/b30-28+. The number of aliphatic hydroxyl groups excluding tert-OH is 8. The first-order valence-electron chi connectivity index (χ1n) is 24.4. The lowest BCUT2D eigenvalue weighted by atomic mass is 9.97. The van der Waals surface area contributed by atoms with E-state index in [0.29, 0.717) is 6.42 Å². The number of rotatable bonds is 37. The maximum absolute atomic E-state index is 13.0. The molecule has 9 N–H and O–H groups in total. The Bertz CT molecular complexity index is 1080. The summed E-state index contributed by atoms with van der Waals surface area (Å²) < 4.78 is 22.4. The molecule has 2 fully saturated rings. The Balaban J connectivity index is 1.61. The van der Waals surface area contributed by atoms with Crippen LogP contribution in [0.3, 0.4) is 0 Å². The summed E-state index contributed by atoms with van der Waals surface area (Å²) in [6.45, 7) is 2.56. The van der Waals surface area contributed by atoms with Crippen molar-refractivity contribution in [1.29, 1.82) is 0 Å². The van der Waals surface area contributed by atoms with Crippen molar-refractivity contribution < 1.29 is 64.6 Å². The van der Waals surface area contributed by atoms with Crippen molar-refractivity contribution in [2.45, 2.75) is 261 Å². The van der Waals surface area contributed by atoms with Crippen LogP contribution in [-0.2, 0) is 23.7 Å². The summed E-state index contributed by atoms with van der Waals surface area (Å²) in [4.78, 5) is 13.0. The van der Waals surface area contributed by atoms with Crippen molar-refractivity contribution in [1.82, 2.24) is 5.32 Å². The molecule has 0 aromatic rings. The topological polar surface area (TPSA) is 228 Å². The number of unbranched alkanes of at least 4 members (excludes halogenated alkanes) is 24. The molecule has 14 nitrogen and oxygen atoms in total. The van der Waals surface area contributed by atoms with Crippen LogP contribution in [0.25, 0.3) is 0 Å². The Morgan fingerprint density at radius 3 is 1.48 bits per heavy atom. The van der Waals surface area contributed by atoms with Crippen molar-refractivity contribution in [3.8, 4) is 0 Å². The number of hydrogen-bond acceptors (Lipinski definition) is 13. The molecule has 12 atom stereocenters. The molecule has 14 heteroatoms. The lowest BCUT2D eigenvalue weighted by Gasteiger charge is -2.46. The smallest absolute Gasteiger partial charge is 0.220 e. The second-order valence-corrected chi connectivity index (χ2v) is 17.6. The fraction of sp³-hybridized carbons (Fsp3) is 0.936. The molecular formula is C47H89NO13. The minimum atomic E-state index is -1.78. The third-order valence-electron chi connectivity index (χ3n) is 12.2. The van der Waals surface area contributed by atoms with Crippen LogP contribution in [0.2, 0.25) is 0 Å². The van der Waals surface area contributed by atoms with E-state index in [1.807, 2.05) is 13.0 Å². The Labute approximate surface area is 367 Å². The summed E-state index contributed by atoms with van der Waals surface area (Å²) in [6.07, 6.45) is 19.6. The molecule has 1 amide bonds. The van der Waals surface area contributed by atoms with Crippen molar-refractivity contribution in [3.05, 3.63) is 12.2 Å². The van der Waals surface area contributed by atoms with E-state index in [-0.39, 0.29) is 18.9 Å². The van der Waals surface area contributed by atoms with E-state index in [1.165, 1.54) is 128 Å². The molecule has 2 aliphatic rings. The second-order valence-electron chi connectivity index (χ2n) is 17.6. The number of allylic oxidation sites excluding steroid dienone is 1. The number of aliphatic hydroxyl groups is 8. The Kier molecular flexibility index (Phi) is 32.1. The largest absolute Gasteiger partial charge is 0.394 e. The molecule has 2 heterocycles. The normalized spacial score (nSPS) is 28.0. The van der Waals surface area contributed by atoms with Crippen LogP contribution in [0.5, 0.6) is 0 Å². The summed E-state index contributed by atoms with van der Waals surface area (Å²) in [5.41, 5.74) is 0. The summed E-state index contributed by atoms with van der Waals surface area (Å²) in [6, 6.07) is -0.904. The van der Waals surface area contributed by atoms with Crippen molar-refractivity contribution in [3.63, 3.8) is 0 Å². The zero-order valence-corrected chi connectivity index (χ0v) is 37.9. The zero-order chi connectivity index (χ0) is 44.7. The van der Waals surface area contributed by atoms with Crippen molar-refractivity contribution in [2.24, 2.45) is 0 Å². The highest BCUT2D eigenvalue weighted by molar-refractivity contribution is 5.76. The summed E-state index contributed by atoms with van der Waals surface area (Å²) in [5, 5.41) is 85.7. The van der Waals surface area contributed by atoms with E-state index >= 15 is 0 Å². The van der Waals surface area contributed by atoms with E-state index in [0.717, 1.165) is 32.1 Å². The van der Waals surface area contributed by atoms with Gasteiger partial charge in [0.2, 0.25) is 5.91 Å². The molecule has 61 heavy (non-hydrogen) atoms. The van der Waals surface area contributed by atoms with Gasteiger partial charge < -0.3 is 65.1 Å². The van der Waals surface area contributed by atoms with Gasteiger partial charge in [0.1, 0.15) is 48.8 Å². The first-order chi connectivity index (χ1) is 29.6. The molecule has 12 unspecified atom stereocenters. The van der Waals surface area contributed by atoms with Crippen LogP contribution in [-0.4, -0.2) is 140 Å². The van der Waals surface area contributed by atoms with Crippen LogP contribution in [0, 0.1) is 0 Å². The van der Waals surface area contributed by atoms with Crippen LogP contribution < -0.4 is 5.32 Å². The Hall–Kier alpha value is -1.27. The number of nitrogens with one attached hydrogen (secondary N) is 1. The van der Waals surface area contributed by atoms with Crippen LogP contribution >= 0.6 is 0 Å². The average Bonchev–Trinajstić information content (AvgIpc) is 3.25. The molecule has 360 valence electrons. The fourth-order valence-electron chi connectivity index (χ4n) is 8.18. The molecule has 0 aromatic carbocycles. The molecule has 2 rings (SSSR count). The van der Waals surface area contributed by atoms with Gasteiger partial charge in [-0.3, -0.25) is 4.79 Å². The third-order valence-corrected chi connectivity index (χ3v) is 12.2. The van der Waals surface area contributed by atoms with Crippen molar-refractivity contribution >= 4 is 5.91 Å². The molecule has 0 spiro atoms. The molecule has 0 aromatic heterocycles. The third kappa shape index (κ3) is 23.0. The fourth-order valence-corrected chi connectivity index (χ4v) is 8.18. The highest BCUT2D eigenvalue weighted by atomic mass is 16.7. The van der Waals surface area contributed by atoms with E-state index in [1.54, 1.807) is 6.08 Å². The van der Waals surface area contributed by atoms with Crippen LogP contribution in [0.15, 0.2) is 12.2 Å². The lowest BCUT2D eigenvalue weighted by Crippen LogP contribution is -2.65. The SMILES string of the molecule is CCC/C=C/C(O)C(COC1OC(CO)C(OC2OC(CO)C(O)C(O)C2O)C(O)C1O)NC(=O)CCCCCCCCCCCCCCCCCCCCCCCCCC. The van der Waals surface area contributed by atoms with Crippen molar-refractivity contribution in [2.75, 3.05) is 19.8 Å². The van der Waals surface area contributed by atoms with Gasteiger partial charge >= 0.3 is 0 Å². The Morgan fingerprint density at radius 2 is 1.02 bits per heavy atom. The van der Waals surface area contributed by atoms with E-state index in [4.69, 9.17) is 18.9 Å². The average molecular weight is 876 g/mol. The predicted octanol–water partition coefficient (Wildman–Crippen LogP) is 5.60. The number of amides is 1. The molecule has 0 bridgehead atoms. The predicted molar refractivity (Wildman–Crippen MR) is 235 cm³/mol. The van der Waals surface area contributed by atoms with Crippen LogP contribution in [0.4, 0.5) is 0 Å². The van der Waals surface area contributed by atoms with Gasteiger partial charge in [-0.1, -0.05) is 180 Å². The summed E-state index contributed by atoms with van der Waals surface area (Å²) in [7, 11) is 0. The van der Waals surface area contributed by atoms with E-state index in [9.17, 15) is 45.6 Å². The maximum Gasteiger partial charge on any atom is 0.220 e. The number of carbonyl (C=O) groups excluding carboxylic acids is 1. The molecule has 2 saturated heterocycles. The monoisotopic (exact) mass is 876 g/mol. The van der Waals surface area contributed by atoms with Gasteiger partial charge in [0.05, 0.1) is 32.0 Å². The van der Waals surface area contributed by atoms with E-state index in [2.05, 4.69) is 12.2 Å².